The van der Waals surface area contributed by atoms with Crippen molar-refractivity contribution in [2.45, 2.75) is 44.9 Å². The quantitative estimate of drug-likeness (QED) is 0.884. The Morgan fingerprint density at radius 2 is 2.11 bits per heavy atom. The van der Waals surface area contributed by atoms with Crippen molar-refractivity contribution in [3.8, 4) is 0 Å². The van der Waals surface area contributed by atoms with Crippen LogP contribution >= 0.6 is 0 Å². The van der Waals surface area contributed by atoms with E-state index in [1.54, 1.807) is 7.05 Å². The fourth-order valence-electron chi connectivity index (χ4n) is 2.19. The summed E-state index contributed by atoms with van der Waals surface area (Å²) in [6.07, 6.45) is -0.196. The zero-order valence-electron chi connectivity index (χ0n) is 10.3. The van der Waals surface area contributed by atoms with Gasteiger partial charge in [-0.2, -0.15) is 13.2 Å². The van der Waals surface area contributed by atoms with Gasteiger partial charge in [-0.3, -0.25) is 0 Å². The van der Waals surface area contributed by atoms with Gasteiger partial charge in [0, 0.05) is 13.1 Å². The van der Waals surface area contributed by atoms with Crippen LogP contribution in [0.1, 0.15) is 37.1 Å². The molecule has 1 fully saturated rings. The van der Waals surface area contributed by atoms with Crippen molar-refractivity contribution in [2.24, 2.45) is 5.92 Å². The first-order valence-corrected chi connectivity index (χ1v) is 6.16. The number of alkyl halides is 3. The smallest absolute Gasteiger partial charge is 0.314 e. The normalized spacial score (nSPS) is 16.9. The zero-order chi connectivity index (χ0) is 13.2. The molecule has 1 aromatic rings. The van der Waals surface area contributed by atoms with Crippen LogP contribution in [0, 0.1) is 5.92 Å². The minimum Gasteiger partial charge on any atom is -0.314 e. The Balaban J connectivity index is 2.12. The Bertz CT molecular complexity index is 395. The monoisotopic (exact) mass is 262 g/mol. The summed E-state index contributed by atoms with van der Waals surface area (Å²) in [4.78, 5) is 0. The average Bonchev–Trinajstić information content (AvgIpc) is 2.59. The number of aromatic nitrogens is 3. The van der Waals surface area contributed by atoms with Gasteiger partial charge in [-0.1, -0.05) is 24.5 Å². The molecule has 0 saturated heterocycles. The summed E-state index contributed by atoms with van der Waals surface area (Å²) in [5.41, 5.74) is -0.741. The molecule has 1 aliphatic rings. The number of halogens is 3. The van der Waals surface area contributed by atoms with Gasteiger partial charge in [0.2, 0.25) is 0 Å². The molecule has 1 aliphatic carbocycles. The summed E-state index contributed by atoms with van der Waals surface area (Å²) in [5.74, 6) is 0.558. The summed E-state index contributed by atoms with van der Waals surface area (Å²) in [7, 11) is 1.59. The van der Waals surface area contributed by atoms with Gasteiger partial charge in [0.15, 0.2) is 5.69 Å². The molecule has 1 N–H and O–H groups in total. The Labute approximate surface area is 104 Å². The Kier molecular flexibility index (Phi) is 3.89. The number of hydrogen-bond donors (Lipinski definition) is 1. The second-order valence-electron chi connectivity index (χ2n) is 4.72. The van der Waals surface area contributed by atoms with E-state index in [0.29, 0.717) is 12.5 Å². The second-order valence-corrected chi connectivity index (χ2v) is 4.72. The first-order chi connectivity index (χ1) is 8.52. The first kappa shape index (κ1) is 13.3. The molecule has 1 saturated carbocycles. The molecule has 0 radical (unpaired) electrons. The van der Waals surface area contributed by atoms with Crippen molar-refractivity contribution < 1.29 is 13.2 Å². The number of aryl methyl sites for hydroxylation is 1. The molecule has 4 nitrogen and oxygen atoms in total. The molecular formula is C11H17F3N4. The molecule has 0 spiro atoms. The second kappa shape index (κ2) is 5.26. The lowest BCUT2D eigenvalue weighted by Crippen LogP contribution is -2.21. The third kappa shape index (κ3) is 2.82. The number of rotatable bonds is 5. The van der Waals surface area contributed by atoms with Gasteiger partial charge in [-0.05, 0) is 19.4 Å². The Morgan fingerprint density at radius 1 is 1.39 bits per heavy atom. The van der Waals surface area contributed by atoms with Gasteiger partial charge in [0.25, 0.3) is 0 Å². The van der Waals surface area contributed by atoms with Gasteiger partial charge >= 0.3 is 6.18 Å². The van der Waals surface area contributed by atoms with E-state index >= 15 is 0 Å². The van der Waals surface area contributed by atoms with E-state index in [4.69, 9.17) is 0 Å². The van der Waals surface area contributed by atoms with Crippen molar-refractivity contribution in [2.75, 3.05) is 7.05 Å². The van der Waals surface area contributed by atoms with Crippen molar-refractivity contribution in [3.05, 3.63) is 11.4 Å². The van der Waals surface area contributed by atoms with Crippen LogP contribution in [0.25, 0.3) is 0 Å². The molecule has 0 unspecified atom stereocenters. The minimum atomic E-state index is -4.39. The molecule has 0 atom stereocenters. The Hall–Kier alpha value is -1.11. The summed E-state index contributed by atoms with van der Waals surface area (Å²) in [6.45, 7) is 0.383. The average molecular weight is 262 g/mol. The van der Waals surface area contributed by atoms with Crippen molar-refractivity contribution in [3.63, 3.8) is 0 Å². The highest BCUT2D eigenvalue weighted by Gasteiger charge is 2.39. The lowest BCUT2D eigenvalue weighted by atomic mass is 9.83. The van der Waals surface area contributed by atoms with E-state index in [1.807, 2.05) is 0 Å². The highest BCUT2D eigenvalue weighted by Crippen LogP contribution is 2.33. The van der Waals surface area contributed by atoms with E-state index < -0.39 is 11.9 Å². The molecule has 1 heterocycles. The van der Waals surface area contributed by atoms with Crippen LogP contribution in [0.3, 0.4) is 0 Å². The summed E-state index contributed by atoms with van der Waals surface area (Å²) in [6, 6.07) is 0. The van der Waals surface area contributed by atoms with Gasteiger partial charge in [-0.15, -0.1) is 5.10 Å². The molecule has 0 bridgehead atoms. The SMILES string of the molecule is CNCc1nnn(CCC2CCC2)c1C(F)(F)F. The minimum absolute atomic E-state index is 0.0291. The van der Waals surface area contributed by atoms with Gasteiger partial charge < -0.3 is 5.32 Å². The standard InChI is InChI=1S/C11H17F3N4/c1-15-7-9-10(11(12,13)14)18(17-16-9)6-5-8-3-2-4-8/h8,15H,2-7H2,1H3. The summed E-state index contributed by atoms with van der Waals surface area (Å²) in [5, 5.41) is 9.94. The molecule has 102 valence electrons. The van der Waals surface area contributed by atoms with Crippen molar-refractivity contribution in [1.82, 2.24) is 20.3 Å². The van der Waals surface area contributed by atoms with E-state index in [2.05, 4.69) is 15.6 Å². The molecule has 0 amide bonds. The number of nitrogens with zero attached hydrogens (tertiary/aromatic N) is 3. The van der Waals surface area contributed by atoms with Crippen LogP contribution in [-0.2, 0) is 19.3 Å². The highest BCUT2D eigenvalue weighted by atomic mass is 19.4. The predicted molar refractivity (Wildman–Crippen MR) is 59.7 cm³/mol. The van der Waals surface area contributed by atoms with Crippen LogP contribution in [-0.4, -0.2) is 22.0 Å². The maximum atomic E-state index is 13.0. The molecule has 18 heavy (non-hydrogen) atoms. The molecule has 7 heteroatoms. The summed E-state index contributed by atoms with van der Waals surface area (Å²) < 4.78 is 39.9. The fraction of sp³-hybridized carbons (Fsp3) is 0.818. The predicted octanol–water partition coefficient (Wildman–Crippen LogP) is 2.21. The first-order valence-electron chi connectivity index (χ1n) is 6.16. The third-order valence-electron chi connectivity index (χ3n) is 3.39. The molecule has 0 aromatic carbocycles. The number of nitrogens with one attached hydrogen (secondary N) is 1. The maximum Gasteiger partial charge on any atom is 0.434 e. The summed E-state index contributed by atoms with van der Waals surface area (Å²) >= 11 is 0. The van der Waals surface area contributed by atoms with Gasteiger partial charge in [-0.25, -0.2) is 4.68 Å². The van der Waals surface area contributed by atoms with Crippen LogP contribution in [0.2, 0.25) is 0 Å². The fourth-order valence-corrected chi connectivity index (χ4v) is 2.19. The molecule has 2 rings (SSSR count). The van der Waals surface area contributed by atoms with E-state index in [9.17, 15) is 13.2 Å². The maximum absolute atomic E-state index is 13.0. The molecule has 1 aromatic heterocycles. The number of hydrogen-bond acceptors (Lipinski definition) is 3. The van der Waals surface area contributed by atoms with Crippen LogP contribution in [0.4, 0.5) is 13.2 Å². The van der Waals surface area contributed by atoms with Crippen molar-refractivity contribution in [1.29, 1.82) is 0 Å². The zero-order valence-corrected chi connectivity index (χ0v) is 10.3. The molecule has 0 aliphatic heterocycles. The van der Waals surface area contributed by atoms with Crippen LogP contribution in [0.5, 0.6) is 0 Å². The third-order valence-corrected chi connectivity index (χ3v) is 3.39. The topological polar surface area (TPSA) is 42.7 Å². The van der Waals surface area contributed by atoms with Crippen molar-refractivity contribution >= 4 is 0 Å². The van der Waals surface area contributed by atoms with Crippen LogP contribution in [0.15, 0.2) is 0 Å². The lowest BCUT2D eigenvalue weighted by Gasteiger charge is -2.25. The van der Waals surface area contributed by atoms with E-state index in [1.165, 1.54) is 6.42 Å². The van der Waals surface area contributed by atoms with Gasteiger partial charge in [0.05, 0.1) is 0 Å². The van der Waals surface area contributed by atoms with E-state index in [0.717, 1.165) is 23.9 Å². The van der Waals surface area contributed by atoms with Gasteiger partial charge in [0.1, 0.15) is 5.69 Å². The highest BCUT2D eigenvalue weighted by molar-refractivity contribution is 5.13. The molecular weight excluding hydrogens is 245 g/mol. The van der Waals surface area contributed by atoms with E-state index in [-0.39, 0.29) is 12.2 Å². The largest absolute Gasteiger partial charge is 0.434 e. The Morgan fingerprint density at radius 3 is 2.61 bits per heavy atom. The lowest BCUT2D eigenvalue weighted by molar-refractivity contribution is -0.145. The van der Waals surface area contributed by atoms with Crippen LogP contribution < -0.4 is 5.32 Å².